The number of nitrogens with one attached hydrogen (secondary N) is 3. The van der Waals surface area contributed by atoms with Crippen molar-refractivity contribution >= 4 is 34.4 Å². The van der Waals surface area contributed by atoms with E-state index in [2.05, 4.69) is 22.5 Å². The Balaban J connectivity index is 1.40. The second-order valence-electron chi connectivity index (χ2n) is 11.1. The molecule has 2 aromatic rings. The number of amides is 3. The molecule has 2 saturated heterocycles. The van der Waals surface area contributed by atoms with Gasteiger partial charge in [0.25, 0.3) is 5.91 Å². The van der Waals surface area contributed by atoms with Crippen LogP contribution < -0.4 is 15.4 Å². The van der Waals surface area contributed by atoms with Crippen molar-refractivity contribution in [3.63, 3.8) is 0 Å². The molecule has 2 aliphatic heterocycles. The zero-order valence-electron chi connectivity index (χ0n) is 21.9. The fourth-order valence-corrected chi connectivity index (χ4v) is 6.74. The minimum atomic E-state index is -0.992. The second-order valence-corrected chi connectivity index (χ2v) is 11.1. The number of fused-ring (bicyclic) bond motifs is 2. The summed E-state index contributed by atoms with van der Waals surface area (Å²) in [6.45, 7) is 2.48. The number of aromatic amines is 1. The fourth-order valence-electron chi connectivity index (χ4n) is 6.74. The molecule has 38 heavy (non-hydrogen) atoms. The van der Waals surface area contributed by atoms with Crippen molar-refractivity contribution in [1.82, 2.24) is 20.5 Å². The number of hydrogen-bond donors (Lipinski definition) is 4. The first-order valence-corrected chi connectivity index (χ1v) is 13.5. The molecular weight excluding hydrogens is 488 g/mol. The van der Waals surface area contributed by atoms with Gasteiger partial charge in [-0.15, -0.1) is 0 Å². The molecule has 204 valence electrons. The smallest absolute Gasteiger partial charge is 0.271 e. The Morgan fingerprint density at radius 2 is 2.08 bits per heavy atom. The predicted octanol–water partition coefficient (Wildman–Crippen LogP) is 1.63. The van der Waals surface area contributed by atoms with Crippen LogP contribution in [0.4, 0.5) is 0 Å². The predicted molar refractivity (Wildman–Crippen MR) is 139 cm³/mol. The van der Waals surface area contributed by atoms with Crippen molar-refractivity contribution in [1.29, 1.82) is 0 Å². The second kappa shape index (κ2) is 10.8. The van der Waals surface area contributed by atoms with E-state index in [1.807, 2.05) is 18.2 Å². The number of nitrogens with zero attached hydrogens (tertiary/aromatic N) is 1. The topological polar surface area (TPSA) is 141 Å². The molecule has 6 atom stereocenters. The number of H-pyrrole nitrogens is 1. The Morgan fingerprint density at radius 3 is 2.82 bits per heavy atom. The molecule has 0 unspecified atom stereocenters. The summed E-state index contributed by atoms with van der Waals surface area (Å²) >= 11 is 0. The van der Waals surface area contributed by atoms with Gasteiger partial charge in [-0.05, 0) is 68.1 Å². The van der Waals surface area contributed by atoms with Crippen LogP contribution in [0.25, 0.3) is 10.9 Å². The van der Waals surface area contributed by atoms with Crippen molar-refractivity contribution in [2.75, 3.05) is 26.8 Å². The molecule has 0 bridgehead atoms. The highest BCUT2D eigenvalue weighted by molar-refractivity contribution is 6.02. The molecule has 3 fully saturated rings. The third kappa shape index (κ3) is 4.89. The maximum atomic E-state index is 13.8. The molecule has 1 aliphatic carbocycles. The number of rotatable bonds is 8. The van der Waals surface area contributed by atoms with Gasteiger partial charge in [0.2, 0.25) is 11.8 Å². The molecule has 10 nitrogen and oxygen atoms in total. The number of carbonyl (C=O) groups is 4. The van der Waals surface area contributed by atoms with Crippen LogP contribution in [0.2, 0.25) is 0 Å². The molecule has 3 heterocycles. The van der Waals surface area contributed by atoms with Crippen molar-refractivity contribution in [2.45, 2.75) is 51.1 Å². The van der Waals surface area contributed by atoms with Crippen LogP contribution in [0.5, 0.6) is 5.75 Å². The lowest BCUT2D eigenvalue weighted by Crippen LogP contribution is -2.54. The van der Waals surface area contributed by atoms with Gasteiger partial charge in [-0.2, -0.15) is 0 Å². The molecule has 0 spiro atoms. The third-order valence-electron chi connectivity index (χ3n) is 8.54. The SMILES string of the molecule is COc1cccc2[nH]c(C(=O)N3C[C@@H]4C[C@@H](C)C[C@@H]4[C@H]3C(=O)N[C@@H](C[C@@H]3CCCNC3=O)C(=O)CO)cc12. The first-order chi connectivity index (χ1) is 18.3. The molecule has 3 aliphatic rings. The number of hydrogen-bond acceptors (Lipinski definition) is 6. The van der Waals surface area contributed by atoms with Gasteiger partial charge < -0.3 is 30.4 Å². The summed E-state index contributed by atoms with van der Waals surface area (Å²) in [6, 6.07) is 5.56. The van der Waals surface area contributed by atoms with Crippen LogP contribution in [0, 0.1) is 23.7 Å². The summed E-state index contributed by atoms with van der Waals surface area (Å²) in [5.41, 5.74) is 1.14. The number of aliphatic hydroxyl groups excluding tert-OH is 1. The van der Waals surface area contributed by atoms with Crippen LogP contribution in [0.15, 0.2) is 24.3 Å². The molecule has 5 rings (SSSR count). The lowest BCUT2D eigenvalue weighted by atomic mass is 9.89. The molecule has 0 radical (unpaired) electrons. The fraction of sp³-hybridized carbons (Fsp3) is 0.571. The van der Waals surface area contributed by atoms with Gasteiger partial charge in [-0.25, -0.2) is 0 Å². The number of carbonyl (C=O) groups excluding carboxylic acids is 4. The molecular formula is C28H36N4O6. The van der Waals surface area contributed by atoms with Gasteiger partial charge >= 0.3 is 0 Å². The molecule has 1 aromatic heterocycles. The van der Waals surface area contributed by atoms with Gasteiger partial charge in [0, 0.05) is 29.9 Å². The maximum Gasteiger partial charge on any atom is 0.271 e. The molecule has 10 heteroatoms. The largest absolute Gasteiger partial charge is 0.496 e. The highest BCUT2D eigenvalue weighted by Crippen LogP contribution is 2.45. The van der Waals surface area contributed by atoms with Crippen LogP contribution in [-0.4, -0.2) is 77.4 Å². The Kier molecular flexibility index (Phi) is 7.43. The lowest BCUT2D eigenvalue weighted by molar-refractivity contribution is -0.134. The highest BCUT2D eigenvalue weighted by atomic mass is 16.5. The van der Waals surface area contributed by atoms with Crippen LogP contribution in [0.1, 0.15) is 49.5 Å². The van der Waals surface area contributed by atoms with Crippen molar-refractivity contribution in [2.24, 2.45) is 23.7 Å². The Bertz CT molecular complexity index is 1240. The minimum absolute atomic E-state index is 0.0178. The van der Waals surface area contributed by atoms with E-state index in [0.717, 1.165) is 30.2 Å². The Labute approximate surface area is 221 Å². The van der Waals surface area contributed by atoms with E-state index in [-0.39, 0.29) is 30.1 Å². The third-order valence-corrected chi connectivity index (χ3v) is 8.54. The molecule has 1 aromatic carbocycles. The molecule has 4 N–H and O–H groups in total. The number of benzene rings is 1. The Hall–Kier alpha value is -3.40. The van der Waals surface area contributed by atoms with Gasteiger partial charge in [0.1, 0.15) is 24.1 Å². The van der Waals surface area contributed by atoms with Crippen molar-refractivity contribution in [3.8, 4) is 5.75 Å². The van der Waals surface area contributed by atoms with E-state index < -0.39 is 36.3 Å². The number of piperidine rings is 1. The molecule has 3 amide bonds. The summed E-state index contributed by atoms with van der Waals surface area (Å²) in [6.07, 6.45) is 3.30. The Morgan fingerprint density at radius 1 is 1.26 bits per heavy atom. The number of likely N-dealkylation sites (tertiary alicyclic amines) is 1. The van der Waals surface area contributed by atoms with Gasteiger partial charge in [-0.3, -0.25) is 19.2 Å². The lowest BCUT2D eigenvalue weighted by Gasteiger charge is -2.30. The van der Waals surface area contributed by atoms with Crippen LogP contribution >= 0.6 is 0 Å². The minimum Gasteiger partial charge on any atom is -0.496 e. The summed E-state index contributed by atoms with van der Waals surface area (Å²) in [5.74, 6) is -0.503. The molecule has 1 saturated carbocycles. The average molecular weight is 525 g/mol. The summed E-state index contributed by atoms with van der Waals surface area (Å²) in [7, 11) is 1.58. The van der Waals surface area contributed by atoms with Crippen LogP contribution in [0.3, 0.4) is 0 Å². The number of aliphatic hydroxyl groups is 1. The van der Waals surface area contributed by atoms with E-state index in [9.17, 15) is 24.3 Å². The van der Waals surface area contributed by atoms with E-state index in [4.69, 9.17) is 4.74 Å². The van der Waals surface area contributed by atoms with Crippen molar-refractivity contribution < 1.29 is 29.0 Å². The van der Waals surface area contributed by atoms with Gasteiger partial charge in [0.05, 0.1) is 13.2 Å². The summed E-state index contributed by atoms with van der Waals surface area (Å²) in [5, 5.41) is 16.0. The highest BCUT2D eigenvalue weighted by Gasteiger charge is 2.51. The maximum absolute atomic E-state index is 13.8. The van der Waals surface area contributed by atoms with E-state index in [1.54, 1.807) is 18.1 Å². The standard InChI is InChI=1S/C28H36N4O6/c1-15-9-17-13-32(28(37)22-12-19-20(30-22)6-3-7-24(19)38-2)25(18(17)10-15)27(36)31-21(23(34)14-33)11-16-5-4-8-29-26(16)35/h3,6-7,12,15-18,21,25,30,33H,4-5,8-11,13-14H2,1-2H3,(H,29,35)(H,31,36)/t15-,16+,17+,18+,21+,25+/m1/s1. The van der Waals surface area contributed by atoms with E-state index in [1.165, 1.54) is 0 Å². The van der Waals surface area contributed by atoms with E-state index in [0.29, 0.717) is 36.9 Å². The number of methoxy groups -OCH3 is 1. The zero-order valence-corrected chi connectivity index (χ0v) is 21.9. The van der Waals surface area contributed by atoms with Crippen molar-refractivity contribution in [3.05, 3.63) is 30.0 Å². The average Bonchev–Trinajstić information content (AvgIpc) is 3.60. The number of aromatic nitrogens is 1. The monoisotopic (exact) mass is 524 g/mol. The normalized spacial score (nSPS) is 27.6. The first kappa shape index (κ1) is 26.2. The first-order valence-electron chi connectivity index (χ1n) is 13.5. The van der Waals surface area contributed by atoms with Crippen LogP contribution in [-0.2, 0) is 14.4 Å². The number of Topliss-reactive ketones (excluding diaryl/α,β-unsaturated/α-hetero) is 1. The number of ketones is 1. The van der Waals surface area contributed by atoms with E-state index >= 15 is 0 Å². The quantitative estimate of drug-likeness (QED) is 0.414. The zero-order chi connectivity index (χ0) is 27.0. The van der Waals surface area contributed by atoms with Gasteiger partial charge in [0.15, 0.2) is 5.78 Å². The van der Waals surface area contributed by atoms with Gasteiger partial charge in [-0.1, -0.05) is 13.0 Å². The summed E-state index contributed by atoms with van der Waals surface area (Å²) in [4.78, 5) is 57.3. The summed E-state index contributed by atoms with van der Waals surface area (Å²) < 4.78 is 5.43. The number of ether oxygens (including phenoxy) is 1.